The first-order valence-electron chi connectivity index (χ1n) is 8.90. The van der Waals surface area contributed by atoms with Crippen molar-refractivity contribution in [1.82, 2.24) is 8.87 Å². The van der Waals surface area contributed by atoms with Crippen molar-refractivity contribution >= 4 is 20.9 Å². The predicted molar refractivity (Wildman–Crippen MR) is 105 cm³/mol. The minimum absolute atomic E-state index is 0.124. The van der Waals surface area contributed by atoms with Crippen LogP contribution in [0.25, 0.3) is 10.9 Å². The lowest BCUT2D eigenvalue weighted by Gasteiger charge is -2.12. The summed E-state index contributed by atoms with van der Waals surface area (Å²) in [7, 11) is -1.97. The number of aromatic nitrogens is 1. The van der Waals surface area contributed by atoms with E-state index in [1.54, 1.807) is 0 Å². The van der Waals surface area contributed by atoms with Crippen LogP contribution in [0.4, 0.5) is 0 Å². The van der Waals surface area contributed by atoms with Gasteiger partial charge in [0.2, 0.25) is 0 Å². The van der Waals surface area contributed by atoms with Gasteiger partial charge < -0.3 is 15.1 Å². The van der Waals surface area contributed by atoms with E-state index >= 15 is 0 Å². The molecule has 0 spiro atoms. The monoisotopic (exact) mass is 387 g/mol. The summed E-state index contributed by atoms with van der Waals surface area (Å²) in [6.07, 6.45) is 1.51. The van der Waals surface area contributed by atoms with Crippen molar-refractivity contribution in [3.8, 4) is 11.5 Å². The van der Waals surface area contributed by atoms with Crippen LogP contribution < -0.4 is 0 Å². The number of hydrogen-bond acceptors (Lipinski definition) is 4. The molecule has 0 fully saturated rings. The number of nitrogens with zero attached hydrogens (tertiary/aromatic N) is 2. The molecule has 3 N–H and O–H groups in total. The highest BCUT2D eigenvalue weighted by molar-refractivity contribution is 7.90. The molecular formula is C20H23N2O4S+. The van der Waals surface area contributed by atoms with E-state index < -0.39 is 10.0 Å². The topological polar surface area (TPSA) is 85.4 Å². The first kappa shape index (κ1) is 17.9. The van der Waals surface area contributed by atoms with Crippen LogP contribution in [0.5, 0.6) is 11.5 Å². The summed E-state index contributed by atoms with van der Waals surface area (Å²) in [4.78, 5) is 2.02. The molecule has 0 amide bonds. The van der Waals surface area contributed by atoms with Gasteiger partial charge in [0, 0.05) is 29.8 Å². The summed E-state index contributed by atoms with van der Waals surface area (Å²) in [5.74, 6) is -0.288. The zero-order chi connectivity index (χ0) is 19.3. The second kappa shape index (κ2) is 6.28. The zero-order valence-corrected chi connectivity index (χ0v) is 16.2. The standard InChI is InChI=1S/C20H22N2O4S/c1-13-5-7-18-15(10-13)16-12-21(2)9-3-4-17(16)22(18)27(25,26)20-11-14(23)6-8-19(20)24/h5-8,10-11,23-24H,3-4,9,12H2,1-2H3/p+1. The number of aryl methyl sites for hydroxylation is 1. The lowest BCUT2D eigenvalue weighted by atomic mass is 10.1. The molecule has 0 saturated carbocycles. The molecule has 0 atom stereocenters. The Morgan fingerprint density at radius 2 is 1.93 bits per heavy atom. The Kier molecular flexibility index (Phi) is 4.16. The fraction of sp³-hybridized carbons (Fsp3) is 0.300. The molecular weight excluding hydrogens is 364 g/mol. The summed E-state index contributed by atoms with van der Waals surface area (Å²) >= 11 is 0. The SMILES string of the molecule is Cc1ccc2c(c1)c1c(n2S(=O)(=O)c2cc(O)ccc2[OH2+])CCCN(C)C1. The van der Waals surface area contributed by atoms with Crippen LogP contribution in [0.1, 0.15) is 23.2 Å². The van der Waals surface area contributed by atoms with Gasteiger partial charge in [-0.2, -0.15) is 0 Å². The number of fused-ring (bicyclic) bond motifs is 3. The van der Waals surface area contributed by atoms with Crippen molar-refractivity contribution < 1.29 is 18.6 Å². The maximum atomic E-state index is 13.6. The summed E-state index contributed by atoms with van der Waals surface area (Å²) in [5, 5.41) is 18.8. The molecule has 2 aromatic carbocycles. The number of hydrogen-bond donors (Lipinski definition) is 1. The van der Waals surface area contributed by atoms with E-state index in [9.17, 15) is 13.5 Å². The van der Waals surface area contributed by atoms with E-state index in [0.29, 0.717) is 18.5 Å². The van der Waals surface area contributed by atoms with Gasteiger partial charge in [0.1, 0.15) is 5.75 Å². The second-order valence-electron chi connectivity index (χ2n) is 7.24. The van der Waals surface area contributed by atoms with Gasteiger partial charge in [-0.05, 0) is 57.1 Å². The van der Waals surface area contributed by atoms with E-state index in [1.165, 1.54) is 16.1 Å². The molecule has 1 aliphatic rings. The van der Waals surface area contributed by atoms with Crippen LogP contribution in [-0.2, 0) is 23.0 Å². The molecule has 27 heavy (non-hydrogen) atoms. The van der Waals surface area contributed by atoms with Gasteiger partial charge in [-0.25, -0.2) is 12.4 Å². The van der Waals surface area contributed by atoms with Crippen LogP contribution in [0.2, 0.25) is 0 Å². The summed E-state index contributed by atoms with van der Waals surface area (Å²) < 4.78 is 28.5. The Bertz CT molecular complexity index is 1150. The van der Waals surface area contributed by atoms with Gasteiger partial charge in [-0.1, -0.05) is 11.6 Å². The first-order valence-corrected chi connectivity index (χ1v) is 10.3. The van der Waals surface area contributed by atoms with Crippen LogP contribution in [-0.4, -0.2) is 41.1 Å². The Balaban J connectivity index is 2.07. The third kappa shape index (κ3) is 2.87. The van der Waals surface area contributed by atoms with Gasteiger partial charge >= 0.3 is 0 Å². The normalized spacial score (nSPS) is 15.6. The summed E-state index contributed by atoms with van der Waals surface area (Å²) in [6.45, 7) is 3.58. The fourth-order valence-corrected chi connectivity index (χ4v) is 5.61. The number of aromatic hydroxyl groups is 1. The van der Waals surface area contributed by atoms with Crippen molar-refractivity contribution in [2.24, 2.45) is 0 Å². The van der Waals surface area contributed by atoms with E-state index in [0.717, 1.165) is 41.2 Å². The maximum Gasteiger partial charge on any atom is 0.277 e. The lowest BCUT2D eigenvalue weighted by Crippen LogP contribution is -2.17. The third-order valence-electron chi connectivity index (χ3n) is 5.15. The second-order valence-corrected chi connectivity index (χ2v) is 8.99. The van der Waals surface area contributed by atoms with Crippen molar-refractivity contribution in [2.75, 3.05) is 13.6 Å². The van der Waals surface area contributed by atoms with Gasteiger partial charge in [0.15, 0.2) is 4.90 Å². The highest BCUT2D eigenvalue weighted by Gasteiger charge is 2.31. The van der Waals surface area contributed by atoms with Crippen molar-refractivity contribution in [1.29, 1.82) is 0 Å². The lowest BCUT2D eigenvalue weighted by molar-refractivity contribution is 0.333. The average Bonchev–Trinajstić information content (AvgIpc) is 2.77. The Morgan fingerprint density at radius 1 is 1.15 bits per heavy atom. The molecule has 7 heteroatoms. The maximum absolute atomic E-state index is 13.6. The van der Waals surface area contributed by atoms with Crippen LogP contribution in [0, 0.1) is 6.92 Å². The first-order chi connectivity index (χ1) is 12.8. The number of benzene rings is 2. The predicted octanol–water partition coefficient (Wildman–Crippen LogP) is 2.71. The van der Waals surface area contributed by atoms with E-state index in [4.69, 9.17) is 5.11 Å². The molecule has 2 heterocycles. The number of rotatable bonds is 2. The molecule has 3 aromatic rings. The van der Waals surface area contributed by atoms with Gasteiger partial charge in [-0.3, -0.25) is 0 Å². The molecule has 142 valence electrons. The van der Waals surface area contributed by atoms with Gasteiger partial charge in [0.25, 0.3) is 15.8 Å². The molecule has 4 rings (SSSR count). The molecule has 0 unspecified atom stereocenters. The molecule has 0 saturated heterocycles. The molecule has 6 nitrogen and oxygen atoms in total. The van der Waals surface area contributed by atoms with Crippen LogP contribution >= 0.6 is 0 Å². The molecule has 0 aliphatic carbocycles. The minimum atomic E-state index is -4.01. The summed E-state index contributed by atoms with van der Waals surface area (Å²) in [5.41, 5.74) is 3.51. The van der Waals surface area contributed by atoms with Crippen molar-refractivity contribution in [3.63, 3.8) is 0 Å². The molecule has 0 bridgehead atoms. The van der Waals surface area contributed by atoms with Crippen molar-refractivity contribution in [2.45, 2.75) is 31.2 Å². The molecule has 1 aliphatic heterocycles. The average molecular weight is 387 g/mol. The largest absolute Gasteiger partial charge is 0.592 e. The summed E-state index contributed by atoms with van der Waals surface area (Å²) in [6, 6.07) is 9.57. The van der Waals surface area contributed by atoms with Crippen molar-refractivity contribution in [3.05, 3.63) is 53.2 Å². The van der Waals surface area contributed by atoms with E-state index in [2.05, 4.69) is 4.90 Å². The highest BCUT2D eigenvalue weighted by Crippen LogP contribution is 2.36. The Hall–Kier alpha value is -2.51. The molecule has 1 aromatic heterocycles. The van der Waals surface area contributed by atoms with Gasteiger partial charge in [-0.15, -0.1) is 0 Å². The zero-order valence-electron chi connectivity index (χ0n) is 15.4. The quantitative estimate of drug-likeness (QED) is 0.685. The Labute approximate surface area is 158 Å². The van der Waals surface area contributed by atoms with E-state index in [1.807, 2.05) is 32.2 Å². The Morgan fingerprint density at radius 3 is 2.70 bits per heavy atom. The van der Waals surface area contributed by atoms with E-state index in [-0.39, 0.29) is 16.4 Å². The minimum Gasteiger partial charge on any atom is -0.592 e. The van der Waals surface area contributed by atoms with Crippen LogP contribution in [0.3, 0.4) is 0 Å². The van der Waals surface area contributed by atoms with Crippen LogP contribution in [0.15, 0.2) is 41.3 Å². The number of phenolic OH excluding ortho intramolecular Hbond substituents is 1. The third-order valence-corrected chi connectivity index (χ3v) is 6.95. The van der Waals surface area contributed by atoms with Gasteiger partial charge in [0.05, 0.1) is 5.52 Å². The fourth-order valence-electron chi connectivity index (χ4n) is 3.88. The molecule has 0 radical (unpaired) electrons. The highest BCUT2D eigenvalue weighted by atomic mass is 32.2. The number of phenols is 1. The smallest absolute Gasteiger partial charge is 0.277 e.